The highest BCUT2D eigenvalue weighted by atomic mass is 19.1. The van der Waals surface area contributed by atoms with E-state index >= 15 is 0 Å². The second-order valence-electron chi connectivity index (χ2n) is 4.59. The van der Waals surface area contributed by atoms with Gasteiger partial charge in [-0.1, -0.05) is 26.0 Å². The summed E-state index contributed by atoms with van der Waals surface area (Å²) < 4.78 is 13.0. The molecular weight excluding hydrogens is 215 g/mol. The second-order valence-corrected chi connectivity index (χ2v) is 4.59. The van der Waals surface area contributed by atoms with Crippen LogP contribution in [0, 0.1) is 5.82 Å². The Morgan fingerprint density at radius 1 is 1.12 bits per heavy atom. The van der Waals surface area contributed by atoms with Crippen LogP contribution in [0.1, 0.15) is 25.5 Å². The third-order valence-corrected chi connectivity index (χ3v) is 3.68. The van der Waals surface area contributed by atoms with E-state index in [9.17, 15) is 4.39 Å². The summed E-state index contributed by atoms with van der Waals surface area (Å²) in [7, 11) is 0. The van der Waals surface area contributed by atoms with E-state index in [2.05, 4.69) is 23.6 Å². The van der Waals surface area contributed by atoms with Gasteiger partial charge in [-0.15, -0.1) is 0 Å². The Morgan fingerprint density at radius 3 is 2.41 bits per heavy atom. The van der Waals surface area contributed by atoms with E-state index in [0.717, 1.165) is 32.7 Å². The number of benzene rings is 1. The molecule has 1 atom stereocenters. The van der Waals surface area contributed by atoms with Crippen LogP contribution in [0.4, 0.5) is 4.39 Å². The fourth-order valence-electron chi connectivity index (χ4n) is 2.54. The van der Waals surface area contributed by atoms with Gasteiger partial charge in [0, 0.05) is 25.7 Å². The third-order valence-electron chi connectivity index (χ3n) is 3.68. The molecule has 17 heavy (non-hydrogen) atoms. The molecule has 2 rings (SSSR count). The van der Waals surface area contributed by atoms with E-state index in [0.29, 0.717) is 6.04 Å². The number of piperazine rings is 1. The third kappa shape index (κ3) is 2.85. The Labute approximate surface area is 103 Å². The molecule has 0 radical (unpaired) electrons. The molecule has 0 bridgehead atoms. The maximum absolute atomic E-state index is 13.0. The first-order valence-corrected chi connectivity index (χ1v) is 6.46. The number of hydrogen-bond acceptors (Lipinski definition) is 2. The summed E-state index contributed by atoms with van der Waals surface area (Å²) in [5.41, 5.74) is 1.23. The summed E-state index contributed by atoms with van der Waals surface area (Å²) in [6.07, 6.45) is 0. The first kappa shape index (κ1) is 12.5. The molecule has 1 aliphatic heterocycles. The average molecular weight is 236 g/mol. The van der Waals surface area contributed by atoms with Gasteiger partial charge in [0.2, 0.25) is 0 Å². The quantitative estimate of drug-likeness (QED) is 0.795. The molecule has 1 heterocycles. The fraction of sp³-hybridized carbons (Fsp3) is 0.571. The van der Waals surface area contributed by atoms with E-state index in [1.165, 1.54) is 5.56 Å². The summed E-state index contributed by atoms with van der Waals surface area (Å²) in [6, 6.07) is 7.38. The molecule has 0 N–H and O–H groups in total. The van der Waals surface area contributed by atoms with Crippen LogP contribution < -0.4 is 0 Å². The minimum atomic E-state index is -0.153. The Hall–Kier alpha value is -0.930. The van der Waals surface area contributed by atoms with Crippen molar-refractivity contribution in [1.29, 1.82) is 0 Å². The lowest BCUT2D eigenvalue weighted by Gasteiger charge is -2.41. The van der Waals surface area contributed by atoms with Gasteiger partial charge >= 0.3 is 0 Å². The fourth-order valence-corrected chi connectivity index (χ4v) is 2.54. The second kappa shape index (κ2) is 5.61. The zero-order valence-corrected chi connectivity index (χ0v) is 10.7. The molecule has 0 aliphatic carbocycles. The van der Waals surface area contributed by atoms with Crippen LogP contribution in [0.25, 0.3) is 0 Å². The van der Waals surface area contributed by atoms with E-state index in [1.54, 1.807) is 12.1 Å². The number of rotatable bonds is 3. The maximum Gasteiger partial charge on any atom is 0.123 e. The minimum Gasteiger partial charge on any atom is -0.300 e. The summed E-state index contributed by atoms with van der Waals surface area (Å²) >= 11 is 0. The molecule has 1 aliphatic rings. The standard InChI is InChI=1S/C14H21FN2/c1-3-16-9-10-17(4-2)14(11-16)12-5-7-13(15)8-6-12/h5-8,14H,3-4,9-11H2,1-2H3/t14-/m0/s1. The topological polar surface area (TPSA) is 6.48 Å². The van der Waals surface area contributed by atoms with Gasteiger partial charge in [-0.25, -0.2) is 4.39 Å². The molecule has 0 unspecified atom stereocenters. The largest absolute Gasteiger partial charge is 0.300 e. The SMILES string of the molecule is CCN1CCN(CC)[C@H](c2ccc(F)cc2)C1. The van der Waals surface area contributed by atoms with Gasteiger partial charge in [0.05, 0.1) is 0 Å². The molecule has 1 fully saturated rings. The van der Waals surface area contributed by atoms with Crippen molar-refractivity contribution in [2.75, 3.05) is 32.7 Å². The van der Waals surface area contributed by atoms with Crippen LogP contribution in [0.15, 0.2) is 24.3 Å². The van der Waals surface area contributed by atoms with Gasteiger partial charge in [-0.3, -0.25) is 4.90 Å². The Bertz CT molecular complexity index is 350. The molecular formula is C14H21FN2. The Kier molecular flexibility index (Phi) is 4.13. The molecule has 0 aromatic heterocycles. The van der Waals surface area contributed by atoms with Crippen LogP contribution in [-0.2, 0) is 0 Å². The maximum atomic E-state index is 13.0. The predicted octanol–water partition coefficient (Wildman–Crippen LogP) is 2.52. The molecule has 0 spiro atoms. The zero-order valence-electron chi connectivity index (χ0n) is 10.7. The van der Waals surface area contributed by atoms with Gasteiger partial charge in [-0.05, 0) is 30.8 Å². The summed E-state index contributed by atoms with van der Waals surface area (Å²) in [4.78, 5) is 4.93. The Morgan fingerprint density at radius 2 is 1.82 bits per heavy atom. The number of nitrogens with zero attached hydrogens (tertiary/aromatic N) is 2. The van der Waals surface area contributed by atoms with Crippen LogP contribution in [0.2, 0.25) is 0 Å². The first-order chi connectivity index (χ1) is 8.24. The normalized spacial score (nSPS) is 22.9. The van der Waals surface area contributed by atoms with Crippen LogP contribution in [0.3, 0.4) is 0 Å². The van der Waals surface area contributed by atoms with Gasteiger partial charge in [-0.2, -0.15) is 0 Å². The summed E-state index contributed by atoms with van der Waals surface area (Å²) in [5.74, 6) is -0.153. The summed E-state index contributed by atoms with van der Waals surface area (Å²) in [6.45, 7) is 9.83. The van der Waals surface area contributed by atoms with Gasteiger partial charge < -0.3 is 4.90 Å². The lowest BCUT2D eigenvalue weighted by atomic mass is 10.0. The smallest absolute Gasteiger partial charge is 0.123 e. The average Bonchev–Trinajstić information content (AvgIpc) is 2.39. The lowest BCUT2D eigenvalue weighted by molar-refractivity contribution is 0.0820. The minimum absolute atomic E-state index is 0.153. The van der Waals surface area contributed by atoms with E-state index in [4.69, 9.17) is 0 Å². The van der Waals surface area contributed by atoms with Crippen molar-refractivity contribution in [3.8, 4) is 0 Å². The molecule has 2 nitrogen and oxygen atoms in total. The van der Waals surface area contributed by atoms with Crippen molar-refractivity contribution in [3.05, 3.63) is 35.6 Å². The zero-order chi connectivity index (χ0) is 12.3. The molecule has 0 saturated carbocycles. The van der Waals surface area contributed by atoms with E-state index in [1.807, 2.05) is 12.1 Å². The van der Waals surface area contributed by atoms with Crippen LogP contribution in [0.5, 0.6) is 0 Å². The molecule has 1 saturated heterocycles. The van der Waals surface area contributed by atoms with Crippen molar-refractivity contribution in [2.24, 2.45) is 0 Å². The molecule has 1 aromatic carbocycles. The number of hydrogen-bond donors (Lipinski definition) is 0. The monoisotopic (exact) mass is 236 g/mol. The van der Waals surface area contributed by atoms with Crippen molar-refractivity contribution < 1.29 is 4.39 Å². The molecule has 0 amide bonds. The number of halogens is 1. The Balaban J connectivity index is 2.17. The highest BCUT2D eigenvalue weighted by Gasteiger charge is 2.26. The highest BCUT2D eigenvalue weighted by Crippen LogP contribution is 2.25. The van der Waals surface area contributed by atoms with Crippen molar-refractivity contribution >= 4 is 0 Å². The lowest BCUT2D eigenvalue weighted by Crippen LogP contribution is -2.48. The summed E-state index contributed by atoms with van der Waals surface area (Å²) in [5, 5.41) is 0. The van der Waals surface area contributed by atoms with Crippen LogP contribution in [-0.4, -0.2) is 42.5 Å². The van der Waals surface area contributed by atoms with Gasteiger partial charge in [0.1, 0.15) is 5.82 Å². The molecule has 1 aromatic rings. The van der Waals surface area contributed by atoms with E-state index in [-0.39, 0.29) is 5.82 Å². The van der Waals surface area contributed by atoms with Crippen molar-refractivity contribution in [1.82, 2.24) is 9.80 Å². The highest BCUT2D eigenvalue weighted by molar-refractivity contribution is 5.21. The van der Waals surface area contributed by atoms with Crippen molar-refractivity contribution in [2.45, 2.75) is 19.9 Å². The van der Waals surface area contributed by atoms with Gasteiger partial charge in [0.25, 0.3) is 0 Å². The molecule has 3 heteroatoms. The predicted molar refractivity (Wildman–Crippen MR) is 68.5 cm³/mol. The van der Waals surface area contributed by atoms with Crippen molar-refractivity contribution in [3.63, 3.8) is 0 Å². The first-order valence-electron chi connectivity index (χ1n) is 6.46. The number of likely N-dealkylation sites (N-methyl/N-ethyl adjacent to an activating group) is 2. The van der Waals surface area contributed by atoms with Crippen LogP contribution >= 0.6 is 0 Å². The molecule has 94 valence electrons. The van der Waals surface area contributed by atoms with Gasteiger partial charge in [0.15, 0.2) is 0 Å². The van der Waals surface area contributed by atoms with E-state index < -0.39 is 0 Å².